The first-order valence-corrected chi connectivity index (χ1v) is 7.40. The van der Waals surface area contributed by atoms with E-state index in [0.29, 0.717) is 0 Å². The van der Waals surface area contributed by atoms with Gasteiger partial charge in [0.15, 0.2) is 0 Å². The number of carbonyl (C=O) groups is 1. The molecule has 0 aromatic heterocycles. The Morgan fingerprint density at radius 3 is 2.89 bits per heavy atom. The van der Waals surface area contributed by atoms with Crippen LogP contribution in [-0.4, -0.2) is 41.4 Å². The highest BCUT2D eigenvalue weighted by Gasteiger charge is 2.31. The molecular formula is C13H17N3OS. The van der Waals surface area contributed by atoms with E-state index in [-0.39, 0.29) is 11.9 Å². The molecule has 2 aliphatic rings. The van der Waals surface area contributed by atoms with Gasteiger partial charge in [-0.3, -0.25) is 9.69 Å². The Hall–Kier alpha value is -1.20. The predicted octanol–water partition coefficient (Wildman–Crippen LogP) is 1.18. The molecule has 3 N–H and O–H groups in total. The van der Waals surface area contributed by atoms with E-state index in [1.54, 1.807) is 0 Å². The average Bonchev–Trinajstić information content (AvgIpc) is 2.39. The van der Waals surface area contributed by atoms with Gasteiger partial charge < -0.3 is 11.1 Å². The minimum Gasteiger partial charge on any atom is -0.399 e. The minimum atomic E-state index is -0.0276. The van der Waals surface area contributed by atoms with Gasteiger partial charge in [0.2, 0.25) is 5.91 Å². The number of rotatable bonds is 1. The van der Waals surface area contributed by atoms with Gasteiger partial charge in [-0.2, -0.15) is 11.8 Å². The SMILES string of the molecule is Nc1ccc2c(c1)CC(N1CCSCC1)C(=O)N2. The molecule has 3 rings (SSSR count). The second-order valence-corrected chi connectivity index (χ2v) is 6.00. The van der Waals surface area contributed by atoms with Crippen molar-refractivity contribution in [2.75, 3.05) is 35.6 Å². The molecule has 1 unspecified atom stereocenters. The molecule has 0 bridgehead atoms. The number of carbonyl (C=O) groups excluding carboxylic acids is 1. The topological polar surface area (TPSA) is 58.4 Å². The molecule has 0 aliphatic carbocycles. The van der Waals surface area contributed by atoms with Gasteiger partial charge in [-0.1, -0.05) is 0 Å². The van der Waals surface area contributed by atoms with Crippen molar-refractivity contribution in [1.29, 1.82) is 0 Å². The summed E-state index contributed by atoms with van der Waals surface area (Å²) in [5.41, 5.74) is 8.64. The highest BCUT2D eigenvalue weighted by atomic mass is 32.2. The molecule has 5 heteroatoms. The molecule has 18 heavy (non-hydrogen) atoms. The quantitative estimate of drug-likeness (QED) is 0.747. The van der Waals surface area contributed by atoms with E-state index in [1.165, 1.54) is 0 Å². The van der Waals surface area contributed by atoms with Crippen LogP contribution in [0.1, 0.15) is 5.56 Å². The smallest absolute Gasteiger partial charge is 0.242 e. The molecule has 1 aromatic carbocycles. The number of fused-ring (bicyclic) bond motifs is 1. The third kappa shape index (κ3) is 2.20. The van der Waals surface area contributed by atoms with Gasteiger partial charge >= 0.3 is 0 Å². The molecule has 1 saturated heterocycles. The Kier molecular flexibility index (Phi) is 3.18. The molecule has 96 valence electrons. The number of thioether (sulfide) groups is 1. The second kappa shape index (κ2) is 4.82. The Morgan fingerprint density at radius 2 is 2.11 bits per heavy atom. The fourth-order valence-electron chi connectivity index (χ4n) is 2.61. The van der Waals surface area contributed by atoms with E-state index in [0.717, 1.165) is 48.0 Å². The third-order valence-corrected chi connectivity index (χ3v) is 4.53. The van der Waals surface area contributed by atoms with Gasteiger partial charge in [-0.25, -0.2) is 0 Å². The van der Waals surface area contributed by atoms with Crippen molar-refractivity contribution in [2.45, 2.75) is 12.5 Å². The fourth-order valence-corrected chi connectivity index (χ4v) is 3.54. The summed E-state index contributed by atoms with van der Waals surface area (Å²) in [6.07, 6.45) is 0.775. The summed E-state index contributed by atoms with van der Waals surface area (Å²) >= 11 is 1.96. The summed E-state index contributed by atoms with van der Waals surface area (Å²) < 4.78 is 0. The maximum absolute atomic E-state index is 12.2. The summed E-state index contributed by atoms with van der Waals surface area (Å²) in [5, 5.41) is 2.99. The minimum absolute atomic E-state index is 0.0276. The van der Waals surface area contributed by atoms with Gasteiger partial charge in [-0.15, -0.1) is 0 Å². The van der Waals surface area contributed by atoms with E-state index >= 15 is 0 Å². The molecule has 2 aliphatic heterocycles. The van der Waals surface area contributed by atoms with E-state index in [1.807, 2.05) is 30.0 Å². The Bertz CT molecular complexity index is 471. The lowest BCUT2D eigenvalue weighted by atomic mass is 9.97. The number of nitrogen functional groups attached to an aromatic ring is 1. The summed E-state index contributed by atoms with van der Waals surface area (Å²) in [6.45, 7) is 2.00. The Balaban J connectivity index is 1.83. The molecule has 0 saturated carbocycles. The maximum atomic E-state index is 12.2. The number of amides is 1. The predicted molar refractivity (Wildman–Crippen MR) is 75.9 cm³/mol. The van der Waals surface area contributed by atoms with Crippen molar-refractivity contribution in [3.63, 3.8) is 0 Å². The van der Waals surface area contributed by atoms with Gasteiger partial charge in [0.25, 0.3) is 0 Å². The van der Waals surface area contributed by atoms with E-state index in [4.69, 9.17) is 5.73 Å². The number of nitrogens with one attached hydrogen (secondary N) is 1. The molecule has 1 aromatic rings. The first-order valence-electron chi connectivity index (χ1n) is 6.25. The van der Waals surface area contributed by atoms with Crippen LogP contribution in [-0.2, 0) is 11.2 Å². The zero-order chi connectivity index (χ0) is 12.5. The number of anilines is 2. The lowest BCUT2D eigenvalue weighted by Crippen LogP contribution is -2.50. The Morgan fingerprint density at radius 1 is 1.33 bits per heavy atom. The van der Waals surface area contributed by atoms with Gasteiger partial charge in [0.1, 0.15) is 0 Å². The first kappa shape index (κ1) is 11.9. The number of nitrogens with two attached hydrogens (primary N) is 1. The standard InChI is InChI=1S/C13H17N3OS/c14-10-1-2-11-9(7-10)8-12(13(17)15-11)16-3-5-18-6-4-16/h1-2,7,12H,3-6,8,14H2,(H,15,17). The molecule has 2 heterocycles. The highest BCUT2D eigenvalue weighted by molar-refractivity contribution is 7.99. The van der Waals surface area contributed by atoms with E-state index in [2.05, 4.69) is 10.2 Å². The van der Waals surface area contributed by atoms with Crippen LogP contribution in [0.4, 0.5) is 11.4 Å². The van der Waals surface area contributed by atoms with Crippen LogP contribution in [0.5, 0.6) is 0 Å². The molecular weight excluding hydrogens is 246 g/mol. The first-order chi connectivity index (χ1) is 8.74. The largest absolute Gasteiger partial charge is 0.399 e. The number of nitrogens with zero attached hydrogens (tertiary/aromatic N) is 1. The molecule has 0 spiro atoms. The zero-order valence-corrected chi connectivity index (χ0v) is 11.0. The maximum Gasteiger partial charge on any atom is 0.242 e. The van der Waals surface area contributed by atoms with Crippen LogP contribution < -0.4 is 11.1 Å². The normalized spacial score (nSPS) is 24.4. The fraction of sp³-hybridized carbons (Fsp3) is 0.462. The summed E-state index contributed by atoms with van der Waals surface area (Å²) in [4.78, 5) is 14.4. The zero-order valence-electron chi connectivity index (χ0n) is 10.2. The summed E-state index contributed by atoms with van der Waals surface area (Å²) in [5.74, 6) is 2.36. The molecule has 0 radical (unpaired) electrons. The molecule has 1 atom stereocenters. The third-order valence-electron chi connectivity index (χ3n) is 3.59. The lowest BCUT2D eigenvalue weighted by Gasteiger charge is -2.36. The van der Waals surface area contributed by atoms with Crippen molar-refractivity contribution in [3.05, 3.63) is 23.8 Å². The van der Waals surface area contributed by atoms with Gasteiger partial charge in [-0.05, 0) is 30.2 Å². The van der Waals surface area contributed by atoms with Gasteiger partial charge in [0, 0.05) is 36.0 Å². The van der Waals surface area contributed by atoms with Crippen molar-refractivity contribution >= 4 is 29.0 Å². The van der Waals surface area contributed by atoms with Crippen LogP contribution >= 0.6 is 11.8 Å². The van der Waals surface area contributed by atoms with E-state index in [9.17, 15) is 4.79 Å². The summed E-state index contributed by atoms with van der Waals surface area (Å²) in [6, 6.07) is 5.67. The van der Waals surface area contributed by atoms with Crippen LogP contribution in [0, 0.1) is 0 Å². The van der Waals surface area contributed by atoms with Crippen molar-refractivity contribution < 1.29 is 4.79 Å². The lowest BCUT2D eigenvalue weighted by molar-refractivity contribution is -0.121. The van der Waals surface area contributed by atoms with E-state index < -0.39 is 0 Å². The van der Waals surface area contributed by atoms with Crippen LogP contribution in [0.2, 0.25) is 0 Å². The van der Waals surface area contributed by atoms with Crippen LogP contribution in [0.3, 0.4) is 0 Å². The van der Waals surface area contributed by atoms with Crippen LogP contribution in [0.25, 0.3) is 0 Å². The van der Waals surface area contributed by atoms with Crippen molar-refractivity contribution in [1.82, 2.24) is 4.90 Å². The van der Waals surface area contributed by atoms with Crippen LogP contribution in [0.15, 0.2) is 18.2 Å². The van der Waals surface area contributed by atoms with Gasteiger partial charge in [0.05, 0.1) is 6.04 Å². The summed E-state index contributed by atoms with van der Waals surface area (Å²) in [7, 11) is 0. The number of hydrogen-bond acceptors (Lipinski definition) is 4. The average molecular weight is 263 g/mol. The number of benzene rings is 1. The van der Waals surface area contributed by atoms with Crippen molar-refractivity contribution in [3.8, 4) is 0 Å². The Labute approximate surface area is 111 Å². The second-order valence-electron chi connectivity index (χ2n) is 4.77. The molecule has 1 fully saturated rings. The molecule has 1 amide bonds. The number of hydrogen-bond donors (Lipinski definition) is 2. The highest BCUT2D eigenvalue weighted by Crippen LogP contribution is 2.27. The van der Waals surface area contributed by atoms with Crippen molar-refractivity contribution in [2.24, 2.45) is 0 Å². The monoisotopic (exact) mass is 263 g/mol. The molecule has 4 nitrogen and oxygen atoms in total.